The Hall–Kier alpha value is -1.57. The van der Waals surface area contributed by atoms with E-state index in [-0.39, 0.29) is 12.3 Å². The molecule has 0 amide bonds. The summed E-state index contributed by atoms with van der Waals surface area (Å²) in [5.74, 6) is 1.53. The lowest BCUT2D eigenvalue weighted by Gasteiger charge is -2.12. The van der Waals surface area contributed by atoms with E-state index in [1.54, 1.807) is 23.9 Å². The van der Waals surface area contributed by atoms with Gasteiger partial charge in [0.15, 0.2) is 5.75 Å². The average molecular weight is 428 g/mol. The molecule has 2 aromatic rings. The quantitative estimate of drug-likeness (QED) is 0.493. The highest BCUT2D eigenvalue weighted by Gasteiger charge is 2.15. The first-order chi connectivity index (χ1) is 11.5. The van der Waals surface area contributed by atoms with Crippen LogP contribution in [-0.4, -0.2) is 22.3 Å². The van der Waals surface area contributed by atoms with Gasteiger partial charge in [-0.2, -0.15) is 0 Å². The van der Waals surface area contributed by atoms with Crippen molar-refractivity contribution >= 4 is 50.0 Å². The second-order valence-corrected chi connectivity index (χ2v) is 7.36. The summed E-state index contributed by atoms with van der Waals surface area (Å²) in [4.78, 5) is 14.7. The van der Waals surface area contributed by atoms with E-state index in [1.165, 1.54) is 12.1 Å². The van der Waals surface area contributed by atoms with Crippen LogP contribution in [0.15, 0.2) is 45.9 Å². The Labute approximate surface area is 156 Å². The summed E-state index contributed by atoms with van der Waals surface area (Å²) in [7, 11) is 0. The summed E-state index contributed by atoms with van der Waals surface area (Å²) in [6.45, 7) is 1.10. The van der Waals surface area contributed by atoms with Gasteiger partial charge in [-0.1, -0.05) is 11.6 Å². The Balaban J connectivity index is 1.74. The van der Waals surface area contributed by atoms with Crippen LogP contribution in [0.5, 0.6) is 5.75 Å². The molecule has 0 unspecified atom stereocenters. The highest BCUT2D eigenvalue weighted by Crippen LogP contribution is 2.36. The van der Waals surface area contributed by atoms with E-state index in [1.807, 2.05) is 12.1 Å². The minimum absolute atomic E-state index is 0.0529. The average Bonchev–Trinajstić information content (AvgIpc) is 3.09. The molecule has 1 aliphatic rings. The van der Waals surface area contributed by atoms with Gasteiger partial charge in [0.2, 0.25) is 0 Å². The lowest BCUT2D eigenvalue weighted by molar-refractivity contribution is -0.384. The zero-order valence-electron chi connectivity index (χ0n) is 12.4. The van der Waals surface area contributed by atoms with Gasteiger partial charge in [0.05, 0.1) is 19.5 Å². The van der Waals surface area contributed by atoms with Crippen molar-refractivity contribution in [1.29, 1.82) is 0 Å². The second kappa shape index (κ2) is 7.55. The molecule has 0 spiro atoms. The maximum absolute atomic E-state index is 10.7. The Morgan fingerprint density at radius 3 is 2.67 bits per heavy atom. The van der Waals surface area contributed by atoms with Gasteiger partial charge in [0.1, 0.15) is 6.61 Å². The third-order valence-corrected chi connectivity index (χ3v) is 5.26. The molecule has 1 heterocycles. The Morgan fingerprint density at radius 2 is 2.08 bits per heavy atom. The second-order valence-electron chi connectivity index (χ2n) is 5.02. The third kappa shape index (κ3) is 3.91. The van der Waals surface area contributed by atoms with Crippen LogP contribution in [-0.2, 0) is 6.61 Å². The van der Waals surface area contributed by atoms with Crippen LogP contribution in [0.25, 0.3) is 0 Å². The lowest BCUT2D eigenvalue weighted by atomic mass is 10.2. The molecule has 0 fully saturated rings. The van der Waals surface area contributed by atoms with Crippen LogP contribution in [0.1, 0.15) is 11.1 Å². The van der Waals surface area contributed by atoms with Crippen molar-refractivity contribution in [2.24, 2.45) is 4.99 Å². The Bertz CT molecular complexity index is 788. The Morgan fingerprint density at radius 1 is 1.33 bits per heavy atom. The fourth-order valence-corrected chi connectivity index (χ4v) is 4.01. The molecule has 0 radical (unpaired) electrons. The zero-order valence-corrected chi connectivity index (χ0v) is 15.5. The largest absolute Gasteiger partial charge is 0.486 e. The van der Waals surface area contributed by atoms with Gasteiger partial charge < -0.3 is 4.74 Å². The molecule has 0 bridgehead atoms. The zero-order chi connectivity index (χ0) is 17.1. The lowest BCUT2D eigenvalue weighted by Crippen LogP contribution is -1.99. The smallest absolute Gasteiger partial charge is 0.269 e. The number of halogens is 2. The number of nitrogens with zero attached hydrogens (tertiary/aromatic N) is 2. The molecule has 124 valence electrons. The number of benzene rings is 2. The summed E-state index contributed by atoms with van der Waals surface area (Å²) >= 11 is 11.5. The molecule has 3 rings (SSSR count). The van der Waals surface area contributed by atoms with E-state index in [2.05, 4.69) is 20.9 Å². The molecule has 0 aromatic heterocycles. The summed E-state index contributed by atoms with van der Waals surface area (Å²) in [5, 5.41) is 12.1. The minimum atomic E-state index is -0.430. The molecule has 24 heavy (non-hydrogen) atoms. The van der Waals surface area contributed by atoms with Gasteiger partial charge in [-0.15, -0.1) is 11.8 Å². The van der Waals surface area contributed by atoms with Gasteiger partial charge in [-0.25, -0.2) is 0 Å². The van der Waals surface area contributed by atoms with Crippen molar-refractivity contribution in [3.8, 4) is 5.75 Å². The predicted octanol–water partition coefficient (Wildman–Crippen LogP) is 5.08. The summed E-state index contributed by atoms with van der Waals surface area (Å²) in [5.41, 5.74) is 1.84. The summed E-state index contributed by atoms with van der Waals surface area (Å²) < 4.78 is 6.53. The number of thioether (sulfide) groups is 1. The maximum atomic E-state index is 10.7. The number of aliphatic imine (C=N–C) groups is 1. The van der Waals surface area contributed by atoms with Gasteiger partial charge in [0.25, 0.3) is 5.69 Å². The van der Waals surface area contributed by atoms with E-state index in [0.717, 1.165) is 32.9 Å². The number of ether oxygens (including phenoxy) is 1. The van der Waals surface area contributed by atoms with E-state index >= 15 is 0 Å². The number of hydrogen-bond acceptors (Lipinski definition) is 5. The molecule has 1 aliphatic heterocycles. The van der Waals surface area contributed by atoms with Gasteiger partial charge >= 0.3 is 0 Å². The number of non-ortho nitro benzene ring substituents is 1. The minimum Gasteiger partial charge on any atom is -0.486 e. The first-order valence-electron chi connectivity index (χ1n) is 7.07. The van der Waals surface area contributed by atoms with Crippen molar-refractivity contribution in [2.45, 2.75) is 6.61 Å². The van der Waals surface area contributed by atoms with Crippen molar-refractivity contribution < 1.29 is 9.66 Å². The topological polar surface area (TPSA) is 64.7 Å². The van der Waals surface area contributed by atoms with E-state index in [9.17, 15) is 10.1 Å². The first kappa shape index (κ1) is 17.3. The van der Waals surface area contributed by atoms with E-state index in [4.69, 9.17) is 16.3 Å². The van der Waals surface area contributed by atoms with Crippen LogP contribution in [0, 0.1) is 10.1 Å². The van der Waals surface area contributed by atoms with Crippen LogP contribution < -0.4 is 4.74 Å². The van der Waals surface area contributed by atoms with Crippen LogP contribution in [0.4, 0.5) is 5.69 Å². The first-order valence-corrected chi connectivity index (χ1v) is 9.23. The molecule has 0 aliphatic carbocycles. The number of rotatable bonds is 5. The standard InChI is InChI=1S/C16H12BrClN2O3S/c17-13-7-11(16-19-5-6-24-16)8-14(18)15(13)23-9-10-1-3-12(4-2-10)20(21)22/h1-4,7-8H,5-6,9H2. The molecular formula is C16H12BrClN2O3S. The normalized spacial score (nSPS) is 13.7. The van der Waals surface area contributed by atoms with Gasteiger partial charge in [-0.05, 0) is 45.8 Å². The third-order valence-electron chi connectivity index (χ3n) is 3.36. The number of nitro benzene ring substituents is 1. The number of hydrogen-bond donors (Lipinski definition) is 0. The predicted molar refractivity (Wildman–Crippen MR) is 100 cm³/mol. The highest BCUT2D eigenvalue weighted by molar-refractivity contribution is 9.10. The fourth-order valence-electron chi connectivity index (χ4n) is 2.20. The molecule has 0 saturated heterocycles. The van der Waals surface area contributed by atoms with Crippen molar-refractivity contribution in [1.82, 2.24) is 0 Å². The molecule has 2 aromatic carbocycles. The molecule has 0 saturated carbocycles. The van der Waals surface area contributed by atoms with Crippen LogP contribution in [0.3, 0.4) is 0 Å². The molecule has 8 heteroatoms. The molecule has 0 N–H and O–H groups in total. The van der Waals surface area contributed by atoms with Gasteiger partial charge in [0, 0.05) is 30.0 Å². The van der Waals surface area contributed by atoms with Gasteiger partial charge in [-0.3, -0.25) is 15.1 Å². The molecule has 0 atom stereocenters. The SMILES string of the molecule is O=[N+]([O-])c1ccc(COc2c(Cl)cc(C3=NCCS3)cc2Br)cc1. The van der Waals surface area contributed by atoms with Crippen molar-refractivity contribution in [3.63, 3.8) is 0 Å². The van der Waals surface area contributed by atoms with E-state index < -0.39 is 4.92 Å². The van der Waals surface area contributed by atoms with Crippen molar-refractivity contribution in [2.75, 3.05) is 12.3 Å². The van der Waals surface area contributed by atoms with E-state index in [0.29, 0.717) is 10.8 Å². The molecular weight excluding hydrogens is 416 g/mol. The molecule has 5 nitrogen and oxygen atoms in total. The number of nitro groups is 1. The summed E-state index contributed by atoms with van der Waals surface area (Å²) in [6.07, 6.45) is 0. The van der Waals surface area contributed by atoms with Crippen molar-refractivity contribution in [3.05, 3.63) is 67.1 Å². The highest BCUT2D eigenvalue weighted by atomic mass is 79.9. The monoisotopic (exact) mass is 426 g/mol. The fraction of sp³-hybridized carbons (Fsp3) is 0.188. The van der Waals surface area contributed by atoms with Crippen LogP contribution in [0.2, 0.25) is 5.02 Å². The maximum Gasteiger partial charge on any atom is 0.269 e. The Kier molecular flexibility index (Phi) is 5.43. The summed E-state index contributed by atoms with van der Waals surface area (Å²) in [6, 6.07) is 10.0. The van der Waals surface area contributed by atoms with Crippen LogP contribution >= 0.6 is 39.3 Å².